The molecule has 1 aliphatic heterocycles. The number of rotatable bonds is 0. The fourth-order valence-electron chi connectivity index (χ4n) is 2.11. The maximum Gasteiger partial charge on any atom is 0.0607 e. The number of para-hydroxylation sites is 1. The van der Waals surface area contributed by atoms with Crippen molar-refractivity contribution in [3.63, 3.8) is 0 Å². The van der Waals surface area contributed by atoms with Gasteiger partial charge < -0.3 is 10.2 Å². The standard InChI is InChI=1S/C12H18N2/c1-9-7-13-12-10(2)5-4-6-11(12)14(3)8-9/h4-6,9,13H,7-8H2,1-3H3/t9-/m1/s1. The smallest absolute Gasteiger partial charge is 0.0607 e. The summed E-state index contributed by atoms with van der Waals surface area (Å²) in [5, 5.41) is 3.53. The van der Waals surface area contributed by atoms with Crippen LogP contribution in [0.1, 0.15) is 12.5 Å². The second kappa shape index (κ2) is 3.52. The van der Waals surface area contributed by atoms with Crippen molar-refractivity contribution in [2.24, 2.45) is 5.92 Å². The van der Waals surface area contributed by atoms with E-state index < -0.39 is 0 Å². The molecular formula is C12H18N2. The van der Waals surface area contributed by atoms with Gasteiger partial charge in [0.05, 0.1) is 11.4 Å². The third-order valence-corrected chi connectivity index (χ3v) is 2.87. The highest BCUT2D eigenvalue weighted by atomic mass is 15.1. The lowest BCUT2D eigenvalue weighted by Crippen LogP contribution is -2.23. The van der Waals surface area contributed by atoms with Crippen LogP contribution >= 0.6 is 0 Å². The Morgan fingerprint density at radius 2 is 2.21 bits per heavy atom. The van der Waals surface area contributed by atoms with Crippen molar-refractivity contribution >= 4 is 11.4 Å². The van der Waals surface area contributed by atoms with Crippen molar-refractivity contribution in [3.8, 4) is 0 Å². The van der Waals surface area contributed by atoms with E-state index in [-0.39, 0.29) is 0 Å². The average molecular weight is 190 g/mol. The normalized spacial score (nSPS) is 21.1. The molecule has 0 aromatic heterocycles. The van der Waals surface area contributed by atoms with Crippen molar-refractivity contribution in [3.05, 3.63) is 23.8 Å². The molecule has 76 valence electrons. The van der Waals surface area contributed by atoms with E-state index in [9.17, 15) is 0 Å². The molecule has 2 nitrogen and oxygen atoms in total. The van der Waals surface area contributed by atoms with Crippen molar-refractivity contribution < 1.29 is 0 Å². The molecule has 0 saturated heterocycles. The molecule has 1 aromatic rings. The highest BCUT2D eigenvalue weighted by Gasteiger charge is 2.16. The Kier molecular flexibility index (Phi) is 2.36. The van der Waals surface area contributed by atoms with E-state index in [0.717, 1.165) is 13.1 Å². The largest absolute Gasteiger partial charge is 0.383 e. The molecule has 1 atom stereocenters. The molecular weight excluding hydrogens is 172 g/mol. The monoisotopic (exact) mass is 190 g/mol. The molecule has 0 bridgehead atoms. The Morgan fingerprint density at radius 3 is 3.00 bits per heavy atom. The quantitative estimate of drug-likeness (QED) is 0.676. The first-order valence-electron chi connectivity index (χ1n) is 5.23. The van der Waals surface area contributed by atoms with E-state index in [1.54, 1.807) is 0 Å². The predicted octanol–water partition coefficient (Wildman–Crippen LogP) is 2.49. The van der Waals surface area contributed by atoms with E-state index in [1.165, 1.54) is 16.9 Å². The number of nitrogens with one attached hydrogen (secondary N) is 1. The lowest BCUT2D eigenvalue weighted by atomic mass is 10.1. The molecule has 2 rings (SSSR count). The van der Waals surface area contributed by atoms with E-state index in [4.69, 9.17) is 0 Å². The van der Waals surface area contributed by atoms with Gasteiger partial charge in [-0.25, -0.2) is 0 Å². The van der Waals surface area contributed by atoms with Crippen LogP contribution in [0, 0.1) is 12.8 Å². The Labute approximate surface area is 85.9 Å². The molecule has 1 heterocycles. The number of anilines is 2. The fraction of sp³-hybridized carbons (Fsp3) is 0.500. The maximum atomic E-state index is 3.53. The molecule has 0 spiro atoms. The Hall–Kier alpha value is -1.18. The third kappa shape index (κ3) is 1.57. The summed E-state index contributed by atoms with van der Waals surface area (Å²) in [7, 11) is 2.17. The number of nitrogens with zero attached hydrogens (tertiary/aromatic N) is 1. The Balaban J connectivity index is 2.43. The number of aryl methyl sites for hydroxylation is 1. The molecule has 0 radical (unpaired) electrons. The summed E-state index contributed by atoms with van der Waals surface area (Å²) in [5.74, 6) is 0.701. The van der Waals surface area contributed by atoms with Gasteiger partial charge in [0.25, 0.3) is 0 Å². The van der Waals surface area contributed by atoms with Crippen molar-refractivity contribution in [2.75, 3.05) is 30.4 Å². The SMILES string of the molecule is Cc1cccc2c1NC[C@@H](C)CN2C. The van der Waals surface area contributed by atoms with E-state index in [0.29, 0.717) is 5.92 Å². The minimum Gasteiger partial charge on any atom is -0.383 e. The molecule has 1 aromatic carbocycles. The van der Waals surface area contributed by atoms with Crippen LogP contribution in [-0.4, -0.2) is 20.1 Å². The molecule has 0 saturated carbocycles. The number of hydrogen-bond donors (Lipinski definition) is 1. The first kappa shape index (κ1) is 9.38. The van der Waals surface area contributed by atoms with Crippen LogP contribution in [0.4, 0.5) is 11.4 Å². The lowest BCUT2D eigenvalue weighted by molar-refractivity contribution is 0.618. The van der Waals surface area contributed by atoms with Gasteiger partial charge in [0.15, 0.2) is 0 Å². The van der Waals surface area contributed by atoms with Gasteiger partial charge in [0.2, 0.25) is 0 Å². The fourth-order valence-corrected chi connectivity index (χ4v) is 2.11. The van der Waals surface area contributed by atoms with Crippen LogP contribution in [0.5, 0.6) is 0 Å². The van der Waals surface area contributed by atoms with Crippen LogP contribution in [-0.2, 0) is 0 Å². The van der Waals surface area contributed by atoms with Gasteiger partial charge in [0, 0.05) is 20.1 Å². The molecule has 1 N–H and O–H groups in total. The van der Waals surface area contributed by atoms with Gasteiger partial charge in [-0.05, 0) is 24.5 Å². The summed E-state index contributed by atoms with van der Waals surface area (Å²) < 4.78 is 0. The predicted molar refractivity (Wildman–Crippen MR) is 62.1 cm³/mol. The molecule has 0 amide bonds. The summed E-state index contributed by atoms with van der Waals surface area (Å²) in [6.45, 7) is 6.64. The second-order valence-electron chi connectivity index (χ2n) is 4.34. The zero-order valence-corrected chi connectivity index (χ0v) is 9.17. The molecule has 2 heteroatoms. The number of fused-ring (bicyclic) bond motifs is 1. The maximum absolute atomic E-state index is 3.53. The van der Waals surface area contributed by atoms with Crippen LogP contribution in [0.15, 0.2) is 18.2 Å². The number of benzene rings is 1. The third-order valence-electron chi connectivity index (χ3n) is 2.87. The Bertz CT molecular complexity index is 333. The highest BCUT2D eigenvalue weighted by Crippen LogP contribution is 2.31. The van der Waals surface area contributed by atoms with Crippen molar-refractivity contribution in [2.45, 2.75) is 13.8 Å². The van der Waals surface area contributed by atoms with E-state index in [2.05, 4.69) is 49.3 Å². The van der Waals surface area contributed by atoms with Gasteiger partial charge >= 0.3 is 0 Å². The summed E-state index contributed by atoms with van der Waals surface area (Å²) >= 11 is 0. The summed E-state index contributed by atoms with van der Waals surface area (Å²) in [6.07, 6.45) is 0. The van der Waals surface area contributed by atoms with Crippen LogP contribution < -0.4 is 10.2 Å². The van der Waals surface area contributed by atoms with Gasteiger partial charge in [0.1, 0.15) is 0 Å². The number of hydrogen-bond acceptors (Lipinski definition) is 2. The van der Waals surface area contributed by atoms with Crippen molar-refractivity contribution in [1.82, 2.24) is 0 Å². The Morgan fingerprint density at radius 1 is 1.43 bits per heavy atom. The zero-order chi connectivity index (χ0) is 10.1. The summed E-state index contributed by atoms with van der Waals surface area (Å²) in [6, 6.07) is 6.48. The molecule has 14 heavy (non-hydrogen) atoms. The second-order valence-corrected chi connectivity index (χ2v) is 4.34. The van der Waals surface area contributed by atoms with Crippen LogP contribution in [0.25, 0.3) is 0 Å². The summed E-state index contributed by atoms with van der Waals surface area (Å²) in [5.41, 5.74) is 3.97. The molecule has 0 fully saturated rings. The van der Waals surface area contributed by atoms with Gasteiger partial charge in [-0.2, -0.15) is 0 Å². The van der Waals surface area contributed by atoms with Crippen LogP contribution in [0.2, 0.25) is 0 Å². The molecule has 0 aliphatic carbocycles. The molecule has 0 unspecified atom stereocenters. The van der Waals surface area contributed by atoms with Crippen molar-refractivity contribution in [1.29, 1.82) is 0 Å². The van der Waals surface area contributed by atoms with Gasteiger partial charge in [-0.1, -0.05) is 19.1 Å². The van der Waals surface area contributed by atoms with Crippen LogP contribution in [0.3, 0.4) is 0 Å². The molecule has 1 aliphatic rings. The summed E-state index contributed by atoms with van der Waals surface area (Å²) in [4.78, 5) is 2.34. The van der Waals surface area contributed by atoms with Gasteiger partial charge in [-0.3, -0.25) is 0 Å². The lowest BCUT2D eigenvalue weighted by Gasteiger charge is -2.21. The zero-order valence-electron chi connectivity index (χ0n) is 9.17. The van der Waals surface area contributed by atoms with E-state index in [1.807, 2.05) is 0 Å². The average Bonchev–Trinajstić information content (AvgIpc) is 2.28. The highest BCUT2D eigenvalue weighted by molar-refractivity contribution is 5.73. The first-order valence-corrected chi connectivity index (χ1v) is 5.23. The first-order chi connectivity index (χ1) is 6.68. The van der Waals surface area contributed by atoms with Gasteiger partial charge in [-0.15, -0.1) is 0 Å². The minimum atomic E-state index is 0.701. The topological polar surface area (TPSA) is 15.3 Å². The van der Waals surface area contributed by atoms with E-state index >= 15 is 0 Å². The minimum absolute atomic E-state index is 0.701.